The van der Waals surface area contributed by atoms with Gasteiger partial charge in [-0.15, -0.1) is 11.3 Å². The molecule has 0 aliphatic carbocycles. The third-order valence-electron chi connectivity index (χ3n) is 4.39. The number of carbonyl (C=O) groups is 2. The molecule has 0 aliphatic rings. The van der Waals surface area contributed by atoms with Gasteiger partial charge in [0.1, 0.15) is 5.75 Å². The number of hydrogen-bond acceptors (Lipinski definition) is 4. The summed E-state index contributed by atoms with van der Waals surface area (Å²) < 4.78 is 28.7. The Balaban J connectivity index is 1.61. The molecule has 1 N–H and O–H groups in total. The van der Waals surface area contributed by atoms with Crippen molar-refractivity contribution in [3.63, 3.8) is 0 Å². The predicted molar refractivity (Wildman–Crippen MR) is 113 cm³/mol. The highest BCUT2D eigenvalue weighted by Crippen LogP contribution is 2.22. The number of benzene rings is 2. The van der Waals surface area contributed by atoms with Gasteiger partial charge in [-0.05, 0) is 47.7 Å². The summed E-state index contributed by atoms with van der Waals surface area (Å²) in [6, 6.07) is 16.7. The van der Waals surface area contributed by atoms with Crippen molar-refractivity contribution in [1.29, 1.82) is 0 Å². The zero-order valence-corrected chi connectivity index (χ0v) is 17.0. The van der Waals surface area contributed by atoms with E-state index in [2.05, 4.69) is 10.1 Å². The molecule has 0 aliphatic heterocycles. The molecule has 0 atom stereocenters. The molecule has 5 nitrogen and oxygen atoms in total. The summed E-state index contributed by atoms with van der Waals surface area (Å²) in [6.45, 7) is -2.51. The first-order chi connectivity index (χ1) is 14.5. The minimum absolute atomic E-state index is 0.0881. The number of nitrogens with zero attached hydrogens (tertiary/aromatic N) is 1. The Kier molecular flexibility index (Phi) is 7.13. The Labute approximate surface area is 176 Å². The fraction of sp³-hybridized carbons (Fsp3) is 0.182. The molecular weight excluding hydrogens is 410 g/mol. The quantitative estimate of drug-likeness (QED) is 0.568. The topological polar surface area (TPSA) is 58.6 Å². The van der Waals surface area contributed by atoms with Crippen molar-refractivity contribution in [3.8, 4) is 5.75 Å². The molecule has 3 aromatic rings. The maximum absolute atomic E-state index is 12.7. The molecule has 3 rings (SSSR count). The number of halogens is 2. The first-order valence-corrected chi connectivity index (χ1v) is 10.1. The molecular formula is C22H20F2N2O3S. The van der Waals surface area contributed by atoms with Crippen LogP contribution in [-0.4, -0.2) is 32.0 Å². The molecule has 0 radical (unpaired) electrons. The average molecular weight is 430 g/mol. The summed E-state index contributed by atoms with van der Waals surface area (Å²) >= 11 is 1.34. The van der Waals surface area contributed by atoms with Gasteiger partial charge in [-0.2, -0.15) is 8.78 Å². The van der Waals surface area contributed by atoms with E-state index in [0.717, 1.165) is 5.56 Å². The third kappa shape index (κ3) is 5.42. The van der Waals surface area contributed by atoms with E-state index in [1.807, 2.05) is 5.38 Å². The number of alkyl halides is 2. The summed E-state index contributed by atoms with van der Waals surface area (Å²) in [5, 5.41) is 4.66. The number of carbonyl (C=O) groups excluding carboxylic acids is 2. The van der Waals surface area contributed by atoms with Crippen LogP contribution in [0, 0.1) is 0 Å². The molecule has 2 aromatic carbocycles. The second-order valence-corrected chi connectivity index (χ2v) is 7.33. The zero-order chi connectivity index (χ0) is 21.5. The van der Waals surface area contributed by atoms with Gasteiger partial charge in [-0.3, -0.25) is 9.59 Å². The number of nitrogens with one attached hydrogen (secondary N) is 1. The molecule has 0 bridgehead atoms. The molecule has 0 saturated heterocycles. The Morgan fingerprint density at radius 3 is 2.47 bits per heavy atom. The van der Waals surface area contributed by atoms with E-state index >= 15 is 0 Å². The number of anilines is 1. The van der Waals surface area contributed by atoms with Crippen LogP contribution in [-0.2, 0) is 6.42 Å². The lowest BCUT2D eigenvalue weighted by Gasteiger charge is -2.20. The second-order valence-electron chi connectivity index (χ2n) is 6.39. The summed E-state index contributed by atoms with van der Waals surface area (Å²) in [5.74, 6) is -0.393. The standard InChI is InChI=1S/C22H20F2N2O3S/c1-26(21(28)19-7-4-14-30-19)18-6-3-2-5-17(18)20(27)25-13-12-15-8-10-16(11-9-15)29-22(23)24/h2-11,14,22H,12-13H2,1H3,(H,25,27). The Morgan fingerprint density at radius 1 is 1.07 bits per heavy atom. The minimum Gasteiger partial charge on any atom is -0.435 e. The summed E-state index contributed by atoms with van der Waals surface area (Å²) in [4.78, 5) is 27.4. The van der Waals surface area contributed by atoms with Crippen molar-refractivity contribution in [2.45, 2.75) is 13.0 Å². The van der Waals surface area contributed by atoms with Gasteiger partial charge in [-0.25, -0.2) is 0 Å². The van der Waals surface area contributed by atoms with Crippen LogP contribution in [0.1, 0.15) is 25.6 Å². The molecule has 0 fully saturated rings. The number of ether oxygens (including phenoxy) is 1. The van der Waals surface area contributed by atoms with Crippen molar-refractivity contribution >= 4 is 28.8 Å². The van der Waals surface area contributed by atoms with E-state index in [-0.39, 0.29) is 17.6 Å². The molecule has 0 spiro atoms. The number of rotatable bonds is 8. The maximum atomic E-state index is 12.7. The van der Waals surface area contributed by atoms with Gasteiger partial charge >= 0.3 is 6.61 Å². The van der Waals surface area contributed by atoms with Crippen LogP contribution in [0.2, 0.25) is 0 Å². The van der Waals surface area contributed by atoms with Crippen LogP contribution < -0.4 is 15.0 Å². The molecule has 2 amide bonds. The van der Waals surface area contributed by atoms with Crippen molar-refractivity contribution in [2.24, 2.45) is 0 Å². The average Bonchev–Trinajstić information content (AvgIpc) is 3.28. The molecule has 30 heavy (non-hydrogen) atoms. The highest BCUT2D eigenvalue weighted by molar-refractivity contribution is 7.12. The molecule has 1 aromatic heterocycles. The fourth-order valence-electron chi connectivity index (χ4n) is 2.89. The highest BCUT2D eigenvalue weighted by atomic mass is 32.1. The summed E-state index contributed by atoms with van der Waals surface area (Å²) in [6.07, 6.45) is 0.521. The van der Waals surface area contributed by atoms with Gasteiger partial charge in [0.15, 0.2) is 0 Å². The van der Waals surface area contributed by atoms with E-state index < -0.39 is 6.61 Å². The zero-order valence-electron chi connectivity index (χ0n) is 16.2. The van der Waals surface area contributed by atoms with Crippen LogP contribution in [0.25, 0.3) is 0 Å². The lowest BCUT2D eigenvalue weighted by molar-refractivity contribution is -0.0498. The normalized spacial score (nSPS) is 10.7. The smallest absolute Gasteiger partial charge is 0.387 e. The predicted octanol–water partition coefficient (Wildman–Crippen LogP) is 4.60. The van der Waals surface area contributed by atoms with Crippen LogP contribution >= 0.6 is 11.3 Å². The van der Waals surface area contributed by atoms with Crippen LogP contribution in [0.4, 0.5) is 14.5 Å². The lowest BCUT2D eigenvalue weighted by Crippen LogP contribution is -2.31. The van der Waals surface area contributed by atoms with E-state index in [4.69, 9.17) is 0 Å². The van der Waals surface area contributed by atoms with Gasteiger partial charge in [-0.1, -0.05) is 30.3 Å². The number of para-hydroxylation sites is 1. The van der Waals surface area contributed by atoms with Crippen molar-refractivity contribution < 1.29 is 23.1 Å². The van der Waals surface area contributed by atoms with Crippen LogP contribution in [0.15, 0.2) is 66.0 Å². The maximum Gasteiger partial charge on any atom is 0.387 e. The molecule has 1 heterocycles. The van der Waals surface area contributed by atoms with Crippen molar-refractivity contribution in [3.05, 3.63) is 82.0 Å². The second kappa shape index (κ2) is 9.98. The van der Waals surface area contributed by atoms with Gasteiger partial charge in [0.25, 0.3) is 11.8 Å². The van der Waals surface area contributed by atoms with E-state index in [1.165, 1.54) is 28.4 Å². The highest BCUT2D eigenvalue weighted by Gasteiger charge is 2.20. The van der Waals surface area contributed by atoms with E-state index in [0.29, 0.717) is 29.1 Å². The molecule has 156 valence electrons. The first kappa shape index (κ1) is 21.4. The largest absolute Gasteiger partial charge is 0.435 e. The Hall–Kier alpha value is -3.26. The van der Waals surface area contributed by atoms with E-state index in [1.54, 1.807) is 55.6 Å². The van der Waals surface area contributed by atoms with Gasteiger partial charge in [0.2, 0.25) is 0 Å². The fourth-order valence-corrected chi connectivity index (χ4v) is 3.58. The van der Waals surface area contributed by atoms with Crippen molar-refractivity contribution in [2.75, 3.05) is 18.5 Å². The van der Waals surface area contributed by atoms with Gasteiger partial charge in [0.05, 0.1) is 16.1 Å². The summed E-state index contributed by atoms with van der Waals surface area (Å²) in [5.41, 5.74) is 1.78. The molecule has 8 heteroatoms. The SMILES string of the molecule is CN(C(=O)c1cccs1)c1ccccc1C(=O)NCCc1ccc(OC(F)F)cc1. The summed E-state index contributed by atoms with van der Waals surface area (Å²) in [7, 11) is 1.64. The first-order valence-electron chi connectivity index (χ1n) is 9.18. The number of hydrogen-bond donors (Lipinski definition) is 1. The van der Waals surface area contributed by atoms with Gasteiger partial charge < -0.3 is 15.0 Å². The Morgan fingerprint density at radius 2 is 1.80 bits per heavy atom. The Bertz CT molecular complexity index is 992. The number of thiophene rings is 1. The van der Waals surface area contributed by atoms with Crippen molar-refractivity contribution in [1.82, 2.24) is 5.32 Å². The third-order valence-corrected chi connectivity index (χ3v) is 5.25. The van der Waals surface area contributed by atoms with Crippen LogP contribution in [0.3, 0.4) is 0 Å². The molecule has 0 saturated carbocycles. The minimum atomic E-state index is -2.86. The molecule has 0 unspecified atom stereocenters. The van der Waals surface area contributed by atoms with E-state index in [9.17, 15) is 18.4 Å². The van der Waals surface area contributed by atoms with Crippen LogP contribution in [0.5, 0.6) is 5.75 Å². The monoisotopic (exact) mass is 430 g/mol. The van der Waals surface area contributed by atoms with Gasteiger partial charge in [0, 0.05) is 13.6 Å². The lowest BCUT2D eigenvalue weighted by atomic mass is 10.1. The number of amides is 2.